The van der Waals surface area contributed by atoms with E-state index in [1.54, 1.807) is 55.1 Å². The first-order valence-corrected chi connectivity index (χ1v) is 12.9. The number of allylic oxidation sites excluding steroid dienone is 1. The van der Waals surface area contributed by atoms with Crippen molar-refractivity contribution in [3.05, 3.63) is 97.3 Å². The standard InChI is InChI=1S/C26H28ClN3O6S/c1-16-22(25(31)35-2)23(19-6-4-5-7-20(19)27)24(26(32)36-3)21(29-16)15-37-13-12-28-14-17-8-10-18(11-9-17)30(33)34/h4-11,23,28-29H,12-15H2,1-3H3. The molecule has 0 amide bonds. The van der Waals surface area contributed by atoms with Gasteiger partial charge in [-0.2, -0.15) is 11.8 Å². The summed E-state index contributed by atoms with van der Waals surface area (Å²) in [5.41, 5.74) is 3.45. The number of benzene rings is 2. The van der Waals surface area contributed by atoms with Gasteiger partial charge in [0.2, 0.25) is 0 Å². The summed E-state index contributed by atoms with van der Waals surface area (Å²) in [4.78, 5) is 36.1. The summed E-state index contributed by atoms with van der Waals surface area (Å²) in [6, 6.07) is 13.5. The number of non-ortho nitro benzene ring substituents is 1. The highest BCUT2D eigenvalue weighted by Crippen LogP contribution is 2.42. The van der Waals surface area contributed by atoms with E-state index in [0.717, 1.165) is 11.3 Å². The highest BCUT2D eigenvalue weighted by atomic mass is 35.5. The zero-order valence-corrected chi connectivity index (χ0v) is 22.3. The topological polar surface area (TPSA) is 120 Å². The molecule has 0 saturated carbocycles. The lowest BCUT2D eigenvalue weighted by Crippen LogP contribution is -2.34. The van der Waals surface area contributed by atoms with Gasteiger partial charge in [0, 0.05) is 53.1 Å². The van der Waals surface area contributed by atoms with Gasteiger partial charge in [0.15, 0.2) is 0 Å². The Hall–Kier alpha value is -3.34. The minimum absolute atomic E-state index is 0.0590. The van der Waals surface area contributed by atoms with Gasteiger partial charge in [0.1, 0.15) is 0 Å². The van der Waals surface area contributed by atoms with Gasteiger partial charge in [-0.15, -0.1) is 0 Å². The van der Waals surface area contributed by atoms with Gasteiger partial charge in [0.05, 0.1) is 36.2 Å². The van der Waals surface area contributed by atoms with E-state index in [0.29, 0.717) is 52.0 Å². The lowest BCUT2D eigenvalue weighted by Gasteiger charge is -2.31. The van der Waals surface area contributed by atoms with Crippen molar-refractivity contribution in [3.63, 3.8) is 0 Å². The number of nitrogens with zero attached hydrogens (tertiary/aromatic N) is 1. The van der Waals surface area contributed by atoms with Gasteiger partial charge >= 0.3 is 11.9 Å². The summed E-state index contributed by atoms with van der Waals surface area (Å²) in [6.45, 7) is 3.02. The average Bonchev–Trinajstić information content (AvgIpc) is 2.90. The molecule has 196 valence electrons. The third-order valence-corrected chi connectivity index (χ3v) is 7.15. The summed E-state index contributed by atoms with van der Waals surface area (Å²) in [5.74, 6) is -0.658. The van der Waals surface area contributed by atoms with Gasteiger partial charge in [0.25, 0.3) is 5.69 Å². The minimum Gasteiger partial charge on any atom is -0.466 e. The molecule has 11 heteroatoms. The second kappa shape index (κ2) is 13.3. The number of methoxy groups -OCH3 is 2. The number of carbonyl (C=O) groups excluding carboxylic acids is 2. The molecular formula is C26H28ClN3O6S. The highest BCUT2D eigenvalue weighted by Gasteiger charge is 2.39. The van der Waals surface area contributed by atoms with Crippen molar-refractivity contribution in [2.24, 2.45) is 0 Å². The van der Waals surface area contributed by atoms with Crippen molar-refractivity contribution in [2.45, 2.75) is 19.4 Å². The number of ether oxygens (including phenoxy) is 2. The van der Waals surface area contributed by atoms with E-state index < -0.39 is 22.8 Å². The molecule has 0 spiro atoms. The summed E-state index contributed by atoms with van der Waals surface area (Å²) in [6.07, 6.45) is 0. The predicted molar refractivity (Wildman–Crippen MR) is 143 cm³/mol. The Bertz CT molecular complexity index is 1230. The fraction of sp³-hybridized carbons (Fsp3) is 0.308. The van der Waals surface area contributed by atoms with Gasteiger partial charge < -0.3 is 20.1 Å². The zero-order valence-electron chi connectivity index (χ0n) is 20.7. The first kappa shape index (κ1) is 28.2. The third kappa shape index (κ3) is 6.91. The Morgan fingerprint density at radius 1 is 1.08 bits per heavy atom. The minimum atomic E-state index is -0.745. The largest absolute Gasteiger partial charge is 0.466 e. The van der Waals surface area contributed by atoms with Crippen LogP contribution in [0.15, 0.2) is 71.1 Å². The molecule has 2 aromatic carbocycles. The normalized spacial score (nSPS) is 15.3. The predicted octanol–water partition coefficient (Wildman–Crippen LogP) is 4.33. The smallest absolute Gasteiger partial charge is 0.336 e. The number of rotatable bonds is 11. The van der Waals surface area contributed by atoms with Gasteiger partial charge in [-0.25, -0.2) is 9.59 Å². The molecule has 9 nitrogen and oxygen atoms in total. The van der Waals surface area contributed by atoms with E-state index in [-0.39, 0.29) is 5.69 Å². The molecule has 2 aromatic rings. The molecule has 2 N–H and O–H groups in total. The monoisotopic (exact) mass is 545 g/mol. The molecule has 3 rings (SSSR count). The number of esters is 2. The first-order valence-electron chi connectivity index (χ1n) is 11.4. The van der Waals surface area contributed by atoms with E-state index in [1.165, 1.54) is 26.4 Å². The molecule has 0 aromatic heterocycles. The number of carbonyl (C=O) groups is 2. The number of hydrogen-bond donors (Lipinski definition) is 2. The summed E-state index contributed by atoms with van der Waals surface area (Å²) < 4.78 is 10.1. The molecule has 0 saturated heterocycles. The van der Waals surface area contributed by atoms with Gasteiger partial charge in [-0.3, -0.25) is 10.1 Å². The van der Waals surface area contributed by atoms with E-state index in [4.69, 9.17) is 21.1 Å². The van der Waals surface area contributed by atoms with Crippen LogP contribution in [-0.4, -0.2) is 49.1 Å². The van der Waals surface area contributed by atoms with Crippen LogP contribution in [0.1, 0.15) is 24.0 Å². The van der Waals surface area contributed by atoms with Crippen LogP contribution in [0.25, 0.3) is 0 Å². The van der Waals surface area contributed by atoms with E-state index >= 15 is 0 Å². The number of nitrogens with one attached hydrogen (secondary N) is 2. The van der Waals surface area contributed by atoms with Crippen molar-refractivity contribution in [3.8, 4) is 0 Å². The maximum Gasteiger partial charge on any atom is 0.336 e. The molecule has 1 aliphatic heterocycles. The summed E-state index contributed by atoms with van der Waals surface area (Å²) in [5, 5.41) is 17.7. The van der Waals surface area contributed by atoms with Crippen LogP contribution >= 0.6 is 23.4 Å². The van der Waals surface area contributed by atoms with E-state index in [9.17, 15) is 19.7 Å². The Morgan fingerprint density at radius 3 is 2.35 bits per heavy atom. The SMILES string of the molecule is COC(=O)C1=C(C)NC(CSCCNCc2ccc([N+](=O)[O-])cc2)=C(C(=O)OC)C1c1ccccc1Cl. The second-order valence-corrected chi connectivity index (χ2v) is 9.66. The van der Waals surface area contributed by atoms with Crippen LogP contribution in [0.2, 0.25) is 5.02 Å². The second-order valence-electron chi connectivity index (χ2n) is 8.15. The molecule has 1 atom stereocenters. The van der Waals surface area contributed by atoms with Crippen LogP contribution in [0, 0.1) is 10.1 Å². The molecule has 37 heavy (non-hydrogen) atoms. The zero-order chi connectivity index (χ0) is 26.9. The van der Waals surface area contributed by atoms with E-state index in [1.807, 2.05) is 0 Å². The number of nitro benzene ring substituents is 1. The fourth-order valence-corrected chi connectivity index (χ4v) is 5.16. The number of nitro groups is 1. The van der Waals surface area contributed by atoms with Crippen LogP contribution in [0.3, 0.4) is 0 Å². The summed E-state index contributed by atoms with van der Waals surface area (Å²) in [7, 11) is 2.59. The maximum atomic E-state index is 13.0. The third-order valence-electron chi connectivity index (χ3n) is 5.82. The number of hydrogen-bond acceptors (Lipinski definition) is 9. The highest BCUT2D eigenvalue weighted by molar-refractivity contribution is 7.99. The fourth-order valence-electron chi connectivity index (χ4n) is 4.05. The Kier molecular flexibility index (Phi) is 10.1. The molecular weight excluding hydrogens is 518 g/mol. The van der Waals surface area contributed by atoms with Gasteiger partial charge in [-0.1, -0.05) is 41.9 Å². The number of dihydropyridines is 1. The maximum absolute atomic E-state index is 13.0. The van der Waals surface area contributed by atoms with Crippen molar-refractivity contribution < 1.29 is 24.0 Å². The quantitative estimate of drug-likeness (QED) is 0.184. The van der Waals surface area contributed by atoms with Crippen LogP contribution < -0.4 is 10.6 Å². The van der Waals surface area contributed by atoms with Crippen molar-refractivity contribution in [1.82, 2.24) is 10.6 Å². The van der Waals surface area contributed by atoms with Gasteiger partial charge in [-0.05, 0) is 24.1 Å². The Morgan fingerprint density at radius 2 is 1.73 bits per heavy atom. The van der Waals surface area contributed by atoms with Crippen LogP contribution in [0.4, 0.5) is 5.69 Å². The molecule has 0 bridgehead atoms. The Balaban J connectivity index is 1.74. The van der Waals surface area contributed by atoms with Crippen molar-refractivity contribution in [2.75, 3.05) is 32.3 Å². The molecule has 0 aliphatic carbocycles. The lowest BCUT2D eigenvalue weighted by atomic mass is 9.80. The molecule has 0 radical (unpaired) electrons. The molecule has 0 fully saturated rings. The molecule has 1 aliphatic rings. The van der Waals surface area contributed by atoms with Crippen molar-refractivity contribution in [1.29, 1.82) is 0 Å². The molecule has 1 unspecified atom stereocenters. The Labute approximate surface area is 224 Å². The lowest BCUT2D eigenvalue weighted by molar-refractivity contribution is -0.384. The molecule has 1 heterocycles. The van der Waals surface area contributed by atoms with E-state index in [2.05, 4.69) is 10.6 Å². The van der Waals surface area contributed by atoms with Crippen LogP contribution in [-0.2, 0) is 25.6 Å². The average molecular weight is 546 g/mol. The van der Waals surface area contributed by atoms with Crippen molar-refractivity contribution >= 4 is 41.0 Å². The van der Waals surface area contributed by atoms with Crippen LogP contribution in [0.5, 0.6) is 0 Å². The number of thioether (sulfide) groups is 1. The number of halogens is 1. The first-order chi connectivity index (χ1) is 17.8. The summed E-state index contributed by atoms with van der Waals surface area (Å²) >= 11 is 8.10.